The number of benzene rings is 2. The number of fused-ring (bicyclic) bond motifs is 2. The highest BCUT2D eigenvalue weighted by molar-refractivity contribution is 6.03. The smallest absolute Gasteiger partial charge is 0.328 e. The summed E-state index contributed by atoms with van der Waals surface area (Å²) in [6.07, 6.45) is -1.49. The number of rotatable bonds is 5. The van der Waals surface area contributed by atoms with Crippen LogP contribution in [0.4, 0.5) is 4.79 Å². The van der Waals surface area contributed by atoms with Crippen LogP contribution in [0.3, 0.4) is 0 Å². The van der Waals surface area contributed by atoms with Gasteiger partial charge in [0.15, 0.2) is 18.2 Å². The van der Waals surface area contributed by atoms with E-state index in [-0.39, 0.29) is 19.1 Å². The van der Waals surface area contributed by atoms with Crippen LogP contribution in [-0.4, -0.2) is 102 Å². The fraction of sp³-hybridized carbons (Fsp3) is 0.409. The average molecular weight is 425 g/mol. The molecule has 0 aromatic heterocycles. The zero-order valence-corrected chi connectivity index (χ0v) is 18.1. The van der Waals surface area contributed by atoms with E-state index in [4.69, 9.17) is 4.74 Å². The van der Waals surface area contributed by atoms with E-state index in [9.17, 15) is 14.7 Å². The zero-order valence-electron chi connectivity index (χ0n) is 18.1. The lowest BCUT2D eigenvalue weighted by molar-refractivity contribution is -0.136. The van der Waals surface area contributed by atoms with Crippen LogP contribution in [-0.2, 0) is 4.79 Å². The van der Waals surface area contributed by atoms with Crippen LogP contribution < -0.4 is 4.74 Å². The number of β-amino-alcohol motifs (C(OH)–C–C–N with tert-alkyl or cyclic N) is 1. The van der Waals surface area contributed by atoms with Gasteiger partial charge in [0.1, 0.15) is 18.5 Å². The summed E-state index contributed by atoms with van der Waals surface area (Å²) < 4.78 is 5.81. The molecule has 3 amide bonds. The number of nitrogens with zero attached hydrogens (tertiary/aromatic N) is 5. The van der Waals surface area contributed by atoms with Gasteiger partial charge in [0.2, 0.25) is 0 Å². The second-order valence-corrected chi connectivity index (χ2v) is 8.10. The molecular formula is C22H27N5O4. The Morgan fingerprint density at radius 1 is 1.13 bits per heavy atom. The minimum Gasteiger partial charge on any atom is -0.491 e. The molecule has 0 bridgehead atoms. The van der Waals surface area contributed by atoms with Crippen molar-refractivity contribution in [2.45, 2.75) is 18.3 Å². The predicted octanol–water partition coefficient (Wildman–Crippen LogP) is 1.03. The van der Waals surface area contributed by atoms with Crippen LogP contribution in [0.2, 0.25) is 0 Å². The number of amides is 3. The fourth-order valence-electron chi connectivity index (χ4n) is 4.05. The van der Waals surface area contributed by atoms with Crippen molar-refractivity contribution in [3.63, 3.8) is 0 Å². The lowest BCUT2D eigenvalue weighted by Crippen LogP contribution is -2.65. The van der Waals surface area contributed by atoms with Crippen molar-refractivity contribution < 1.29 is 19.4 Å². The maximum atomic E-state index is 12.9. The molecule has 3 atom stereocenters. The monoisotopic (exact) mass is 425 g/mol. The average Bonchev–Trinajstić information content (AvgIpc) is 3.14. The van der Waals surface area contributed by atoms with Crippen molar-refractivity contribution in [1.29, 1.82) is 0 Å². The highest BCUT2D eigenvalue weighted by Crippen LogP contribution is 2.28. The van der Waals surface area contributed by atoms with Crippen molar-refractivity contribution in [1.82, 2.24) is 19.6 Å². The molecule has 2 heterocycles. The van der Waals surface area contributed by atoms with Crippen LogP contribution in [0.25, 0.3) is 10.8 Å². The van der Waals surface area contributed by atoms with Gasteiger partial charge in [-0.1, -0.05) is 30.3 Å². The minimum atomic E-state index is -0.864. The molecule has 2 aliphatic heterocycles. The number of aliphatic hydroxyl groups excluding tert-OH is 1. The molecule has 1 N–H and O–H groups in total. The summed E-state index contributed by atoms with van der Waals surface area (Å²) >= 11 is 0. The molecule has 9 heteroatoms. The standard InChI is InChI=1S/C22H27N5O4/c1-24(2)21-23-19-18(20(29)26(4)22(30)25(19)3)27(21)12-16(28)13-31-17-10-9-14-7-5-6-8-15(14)11-17/h5-11,16,18-19,28H,12-13H2,1-4H3. The topological polar surface area (TPSA) is 88.9 Å². The number of aliphatic hydroxyl groups is 1. The van der Waals surface area contributed by atoms with E-state index in [1.165, 1.54) is 11.9 Å². The highest BCUT2D eigenvalue weighted by Gasteiger charge is 2.51. The summed E-state index contributed by atoms with van der Waals surface area (Å²) in [6.45, 7) is 0.207. The summed E-state index contributed by atoms with van der Waals surface area (Å²) in [5, 5.41) is 12.9. The maximum absolute atomic E-state index is 12.9. The predicted molar refractivity (Wildman–Crippen MR) is 117 cm³/mol. The normalized spacial score (nSPS) is 22.0. The number of urea groups is 1. The number of hydrogen-bond donors (Lipinski definition) is 1. The van der Waals surface area contributed by atoms with Gasteiger partial charge in [-0.15, -0.1) is 0 Å². The van der Waals surface area contributed by atoms with Gasteiger partial charge >= 0.3 is 6.03 Å². The van der Waals surface area contributed by atoms with Crippen molar-refractivity contribution >= 4 is 28.7 Å². The first-order valence-electron chi connectivity index (χ1n) is 10.1. The van der Waals surface area contributed by atoms with Gasteiger partial charge in [-0.05, 0) is 22.9 Å². The molecule has 0 saturated carbocycles. The summed E-state index contributed by atoms with van der Waals surface area (Å²) in [7, 11) is 6.72. The zero-order chi connectivity index (χ0) is 22.3. The number of imide groups is 1. The molecule has 0 spiro atoms. The van der Waals surface area contributed by atoms with Crippen LogP contribution in [0.15, 0.2) is 47.5 Å². The largest absolute Gasteiger partial charge is 0.491 e. The van der Waals surface area contributed by atoms with Gasteiger partial charge in [-0.3, -0.25) is 9.69 Å². The Kier molecular flexibility index (Phi) is 5.45. The summed E-state index contributed by atoms with van der Waals surface area (Å²) in [5.74, 6) is 0.872. The molecule has 9 nitrogen and oxygen atoms in total. The van der Waals surface area contributed by atoms with Crippen molar-refractivity contribution in [2.75, 3.05) is 41.3 Å². The molecule has 0 radical (unpaired) electrons. The first-order valence-corrected chi connectivity index (χ1v) is 10.1. The Balaban J connectivity index is 1.47. The van der Waals surface area contributed by atoms with Gasteiger partial charge in [0.05, 0.1) is 6.54 Å². The van der Waals surface area contributed by atoms with E-state index in [1.54, 1.807) is 16.8 Å². The third kappa shape index (κ3) is 3.76. The Morgan fingerprint density at radius 3 is 2.55 bits per heavy atom. The number of likely N-dealkylation sites (N-methyl/N-ethyl adjacent to an activating group) is 2. The van der Waals surface area contributed by atoms with Gasteiger partial charge in [0.25, 0.3) is 5.91 Å². The van der Waals surface area contributed by atoms with E-state index >= 15 is 0 Å². The minimum absolute atomic E-state index is 0.0612. The van der Waals surface area contributed by atoms with Gasteiger partial charge in [0, 0.05) is 28.2 Å². The van der Waals surface area contributed by atoms with Crippen LogP contribution >= 0.6 is 0 Å². The number of guanidine groups is 1. The Hall–Kier alpha value is -3.33. The molecule has 1 fully saturated rings. The van der Waals surface area contributed by atoms with E-state index in [2.05, 4.69) is 4.99 Å². The molecular weight excluding hydrogens is 398 g/mol. The first-order chi connectivity index (χ1) is 14.8. The molecule has 2 aromatic carbocycles. The summed E-state index contributed by atoms with van der Waals surface area (Å²) in [6, 6.07) is 12.7. The SMILES string of the molecule is CN(C)C1=NC2C(C(=O)N(C)C(=O)N2C)N1CC(O)COc1ccc2ccccc2c1. The van der Waals surface area contributed by atoms with Crippen molar-refractivity contribution in [3.05, 3.63) is 42.5 Å². The third-order valence-electron chi connectivity index (χ3n) is 5.66. The quantitative estimate of drug-likeness (QED) is 0.770. The first kappa shape index (κ1) is 20.9. The molecule has 31 heavy (non-hydrogen) atoms. The summed E-state index contributed by atoms with van der Waals surface area (Å²) in [4.78, 5) is 35.8. The van der Waals surface area contributed by atoms with E-state index in [0.29, 0.717) is 11.7 Å². The second kappa shape index (κ2) is 8.07. The van der Waals surface area contributed by atoms with Crippen LogP contribution in [0, 0.1) is 0 Å². The van der Waals surface area contributed by atoms with Crippen LogP contribution in [0.5, 0.6) is 5.75 Å². The van der Waals surface area contributed by atoms with Crippen molar-refractivity contribution in [2.24, 2.45) is 4.99 Å². The van der Waals surface area contributed by atoms with Gasteiger partial charge < -0.3 is 24.5 Å². The molecule has 1 saturated heterocycles. The Bertz CT molecular complexity index is 1040. The fourth-order valence-corrected chi connectivity index (χ4v) is 4.05. The maximum Gasteiger partial charge on any atom is 0.328 e. The number of carbonyl (C=O) groups excluding carboxylic acids is 2. The molecule has 0 aliphatic carbocycles. The van der Waals surface area contributed by atoms with E-state index in [0.717, 1.165) is 15.7 Å². The number of ether oxygens (including phenoxy) is 1. The lowest BCUT2D eigenvalue weighted by atomic mass is 10.1. The van der Waals surface area contributed by atoms with Gasteiger partial charge in [-0.25, -0.2) is 9.79 Å². The molecule has 164 valence electrons. The number of hydrogen-bond acceptors (Lipinski definition) is 7. The van der Waals surface area contributed by atoms with E-state index in [1.807, 2.05) is 56.6 Å². The van der Waals surface area contributed by atoms with Crippen molar-refractivity contribution in [3.8, 4) is 5.75 Å². The highest BCUT2D eigenvalue weighted by atomic mass is 16.5. The second-order valence-electron chi connectivity index (χ2n) is 8.10. The number of carbonyl (C=O) groups is 2. The molecule has 4 rings (SSSR count). The Morgan fingerprint density at radius 2 is 1.84 bits per heavy atom. The van der Waals surface area contributed by atoms with E-state index < -0.39 is 24.3 Å². The van der Waals surface area contributed by atoms with Crippen LogP contribution in [0.1, 0.15) is 0 Å². The lowest BCUT2D eigenvalue weighted by Gasteiger charge is -2.40. The molecule has 2 aliphatic rings. The number of aliphatic imine (C=N–C) groups is 1. The Labute approximate surface area is 181 Å². The molecule has 3 unspecified atom stereocenters. The van der Waals surface area contributed by atoms with Gasteiger partial charge in [-0.2, -0.15) is 0 Å². The molecule has 2 aromatic rings. The summed E-state index contributed by atoms with van der Waals surface area (Å²) in [5.41, 5.74) is 0. The third-order valence-corrected chi connectivity index (χ3v) is 5.66.